The summed E-state index contributed by atoms with van der Waals surface area (Å²) in [4.78, 5) is 4.38. The Morgan fingerprint density at radius 3 is 1.48 bits per heavy atom. The zero-order valence-electron chi connectivity index (χ0n) is 30.8. The lowest BCUT2D eigenvalue weighted by atomic mass is 10.0. The maximum absolute atomic E-state index is 10.9. The molecule has 2 saturated heterocycles. The summed E-state index contributed by atoms with van der Waals surface area (Å²) in [5.41, 5.74) is 4.55. The Morgan fingerprint density at radius 1 is 0.680 bits per heavy atom. The van der Waals surface area contributed by atoms with E-state index < -0.39 is 21.0 Å². The number of ether oxygens (including phenoxy) is 4. The molecule has 12 heteroatoms. The third-order valence-electron chi connectivity index (χ3n) is 8.65. The maximum atomic E-state index is 10.9. The van der Waals surface area contributed by atoms with Gasteiger partial charge in [-0.15, -0.1) is 0 Å². The number of anilines is 2. The molecule has 50 heavy (non-hydrogen) atoms. The van der Waals surface area contributed by atoms with E-state index in [0.29, 0.717) is 58.8 Å². The van der Waals surface area contributed by atoms with Crippen molar-refractivity contribution in [3.05, 3.63) is 59.7 Å². The first kappa shape index (κ1) is 40.7. The van der Waals surface area contributed by atoms with Gasteiger partial charge in [0.15, 0.2) is 0 Å². The fourth-order valence-electron chi connectivity index (χ4n) is 5.99. The van der Waals surface area contributed by atoms with E-state index in [1.807, 2.05) is 20.8 Å². The van der Waals surface area contributed by atoms with Crippen LogP contribution in [0.3, 0.4) is 0 Å². The number of nitrogens with zero attached hydrogens (tertiary/aromatic N) is 2. The summed E-state index contributed by atoms with van der Waals surface area (Å²) in [6.45, 7) is 15.4. The molecule has 0 bridgehead atoms. The summed E-state index contributed by atoms with van der Waals surface area (Å²) < 4.78 is 40.3. The molecule has 0 saturated carbocycles. The molecule has 4 unspecified atom stereocenters. The second-order valence-electron chi connectivity index (χ2n) is 13.1. The molecule has 0 spiro atoms. The first-order valence-corrected chi connectivity index (χ1v) is 20.6. The van der Waals surface area contributed by atoms with E-state index in [0.717, 1.165) is 63.4 Å². The molecular formula is C38H62N2O9Si. The molecule has 2 aromatic rings. The minimum Gasteiger partial charge on any atom is -0.389 e. The third-order valence-corrected chi connectivity index (χ3v) is 11.8. The largest absolute Gasteiger partial charge is 0.501 e. The molecule has 4 rings (SSSR count). The van der Waals surface area contributed by atoms with Gasteiger partial charge in [-0.3, -0.25) is 0 Å². The van der Waals surface area contributed by atoms with Crippen LogP contribution >= 0.6 is 0 Å². The highest BCUT2D eigenvalue weighted by atomic mass is 28.4. The zero-order chi connectivity index (χ0) is 35.6. The highest BCUT2D eigenvalue weighted by Gasteiger charge is 2.39. The SMILES string of the molecule is CCCCOCC(O)CN(CC1CO1)c1ccc(Cc2ccc(N(CC(O)COCCC[Si](OCC)(OCC)OCC)CC3CO3)cc2)cc1. The van der Waals surface area contributed by atoms with E-state index in [4.69, 9.17) is 32.2 Å². The van der Waals surface area contributed by atoms with Crippen LogP contribution in [0.25, 0.3) is 0 Å². The molecule has 0 aromatic heterocycles. The quantitative estimate of drug-likeness (QED) is 0.0694. The third kappa shape index (κ3) is 14.9. The molecule has 2 N–H and O–H groups in total. The van der Waals surface area contributed by atoms with Gasteiger partial charge in [0.05, 0.1) is 50.8 Å². The molecule has 2 aliphatic heterocycles. The monoisotopic (exact) mass is 718 g/mol. The normalized spacial score (nSPS) is 18.2. The molecule has 0 aliphatic carbocycles. The second-order valence-corrected chi connectivity index (χ2v) is 15.9. The molecule has 4 atom stereocenters. The van der Waals surface area contributed by atoms with Crippen LogP contribution in [0, 0.1) is 0 Å². The number of aliphatic hydroxyl groups is 2. The zero-order valence-corrected chi connectivity index (χ0v) is 31.8. The van der Waals surface area contributed by atoms with Gasteiger partial charge in [0.2, 0.25) is 0 Å². The Balaban J connectivity index is 1.25. The molecular weight excluding hydrogens is 657 g/mol. The molecule has 2 heterocycles. The Bertz CT molecular complexity index is 1170. The van der Waals surface area contributed by atoms with Crippen LogP contribution in [0.5, 0.6) is 0 Å². The first-order valence-electron chi connectivity index (χ1n) is 18.7. The van der Waals surface area contributed by atoms with E-state index in [-0.39, 0.29) is 18.8 Å². The molecule has 11 nitrogen and oxygen atoms in total. The van der Waals surface area contributed by atoms with Crippen molar-refractivity contribution in [2.45, 2.75) is 83.8 Å². The molecule has 2 fully saturated rings. The molecule has 282 valence electrons. The van der Waals surface area contributed by atoms with Gasteiger partial charge in [-0.2, -0.15) is 0 Å². The van der Waals surface area contributed by atoms with Crippen molar-refractivity contribution in [2.75, 3.05) is 95.4 Å². The van der Waals surface area contributed by atoms with Crippen molar-refractivity contribution >= 4 is 20.2 Å². The van der Waals surface area contributed by atoms with Crippen LogP contribution in [-0.2, 0) is 38.6 Å². The van der Waals surface area contributed by atoms with Crippen molar-refractivity contribution in [3.63, 3.8) is 0 Å². The Hall–Kier alpha value is -2.10. The van der Waals surface area contributed by atoms with Crippen LogP contribution in [0.1, 0.15) is 58.1 Å². The standard InChI is InChI=1S/C38H62N2O9Si/c1-5-9-19-43-27-35(41)23-39(25-37-29-45-37)33-15-11-31(12-16-33)22-32-13-17-34(18-14-32)40(26-38-30-46-38)24-36(42)28-44-20-10-21-50(47-6-2,48-7-3)49-8-4/h11-18,35-38,41-42H,5-10,19-30H2,1-4H3. The molecule has 2 aromatic carbocycles. The number of hydrogen-bond acceptors (Lipinski definition) is 11. The number of hydrogen-bond donors (Lipinski definition) is 2. The second kappa shape index (κ2) is 22.1. The van der Waals surface area contributed by atoms with E-state index in [1.165, 1.54) is 11.1 Å². The van der Waals surface area contributed by atoms with E-state index in [2.05, 4.69) is 65.3 Å². The van der Waals surface area contributed by atoms with Crippen molar-refractivity contribution in [1.29, 1.82) is 0 Å². The summed E-state index contributed by atoms with van der Waals surface area (Å²) in [7, 11) is -2.69. The number of rotatable bonds is 29. The van der Waals surface area contributed by atoms with Gasteiger partial charge in [0.1, 0.15) is 0 Å². The van der Waals surface area contributed by atoms with Crippen molar-refractivity contribution in [1.82, 2.24) is 0 Å². The Morgan fingerprint density at radius 2 is 1.10 bits per heavy atom. The van der Waals surface area contributed by atoms with Gasteiger partial charge in [0.25, 0.3) is 0 Å². The van der Waals surface area contributed by atoms with E-state index in [9.17, 15) is 10.2 Å². The highest BCUT2D eigenvalue weighted by Crippen LogP contribution is 2.24. The summed E-state index contributed by atoms with van der Waals surface area (Å²) in [5, 5.41) is 21.5. The van der Waals surface area contributed by atoms with Crippen molar-refractivity contribution < 1.29 is 42.4 Å². The van der Waals surface area contributed by atoms with E-state index >= 15 is 0 Å². The van der Waals surface area contributed by atoms with Crippen molar-refractivity contribution in [2.24, 2.45) is 0 Å². The lowest BCUT2D eigenvalue weighted by Crippen LogP contribution is -2.46. The summed E-state index contributed by atoms with van der Waals surface area (Å²) >= 11 is 0. The summed E-state index contributed by atoms with van der Waals surface area (Å²) in [6, 6.07) is 17.8. The average Bonchev–Trinajstić information content (AvgIpc) is 4.05. The van der Waals surface area contributed by atoms with Crippen LogP contribution in [0.4, 0.5) is 11.4 Å². The van der Waals surface area contributed by atoms with Crippen LogP contribution in [-0.4, -0.2) is 129 Å². The van der Waals surface area contributed by atoms with Crippen LogP contribution < -0.4 is 9.80 Å². The lowest BCUT2D eigenvalue weighted by molar-refractivity contribution is 0.0354. The summed E-state index contributed by atoms with van der Waals surface area (Å²) in [5.74, 6) is 0. The fraction of sp³-hybridized carbons (Fsp3) is 0.684. The maximum Gasteiger partial charge on any atom is 0.501 e. The fourth-order valence-corrected chi connectivity index (χ4v) is 8.57. The van der Waals surface area contributed by atoms with Gasteiger partial charge in [-0.05, 0) is 75.4 Å². The number of aliphatic hydroxyl groups excluding tert-OH is 2. The predicted molar refractivity (Wildman–Crippen MR) is 198 cm³/mol. The minimum absolute atomic E-state index is 0.191. The van der Waals surface area contributed by atoms with Crippen LogP contribution in [0.15, 0.2) is 48.5 Å². The van der Waals surface area contributed by atoms with Gasteiger partial charge in [0, 0.05) is 76.6 Å². The number of epoxide rings is 2. The lowest BCUT2D eigenvalue weighted by Gasteiger charge is -2.28. The predicted octanol–water partition coefficient (Wildman–Crippen LogP) is 4.68. The molecule has 2 aliphatic rings. The highest BCUT2D eigenvalue weighted by molar-refractivity contribution is 6.60. The topological polar surface area (TPSA) is 118 Å². The van der Waals surface area contributed by atoms with Crippen molar-refractivity contribution in [3.8, 4) is 0 Å². The van der Waals surface area contributed by atoms with Crippen LogP contribution in [0.2, 0.25) is 6.04 Å². The summed E-state index contributed by atoms with van der Waals surface area (Å²) in [6.07, 6.45) is 2.86. The minimum atomic E-state index is -2.69. The van der Waals surface area contributed by atoms with Gasteiger partial charge in [-0.25, -0.2) is 0 Å². The van der Waals surface area contributed by atoms with E-state index in [1.54, 1.807) is 0 Å². The number of benzene rings is 2. The first-order chi connectivity index (χ1) is 24.4. The Labute approximate surface area is 301 Å². The molecule has 0 radical (unpaired) electrons. The smallest absolute Gasteiger partial charge is 0.389 e. The van der Waals surface area contributed by atoms with Gasteiger partial charge < -0.3 is 52.2 Å². The number of unbranched alkanes of at least 4 members (excludes halogenated alkanes) is 1. The Kier molecular flexibility index (Phi) is 18.0. The molecule has 0 amide bonds. The van der Waals surface area contributed by atoms with Gasteiger partial charge >= 0.3 is 8.80 Å². The average molecular weight is 719 g/mol. The van der Waals surface area contributed by atoms with Gasteiger partial charge in [-0.1, -0.05) is 37.6 Å².